The predicted octanol–water partition coefficient (Wildman–Crippen LogP) is 1.10. The van der Waals surface area contributed by atoms with Gasteiger partial charge in [0.05, 0.1) is 0 Å². The highest BCUT2D eigenvalue weighted by Crippen LogP contribution is 2.35. The molecule has 0 aromatic carbocycles. The van der Waals surface area contributed by atoms with Crippen LogP contribution in [0.3, 0.4) is 0 Å². The molecule has 1 heterocycles. The number of hydrogen-bond acceptors (Lipinski definition) is 1. The number of likely N-dealkylation sites (tertiary alicyclic amines) is 1. The normalized spacial score (nSPS) is 46.1. The molecule has 8 heavy (non-hydrogen) atoms. The highest BCUT2D eigenvalue weighted by Gasteiger charge is 2.34. The Kier molecular flexibility index (Phi) is 0.884. The van der Waals surface area contributed by atoms with E-state index in [4.69, 9.17) is 0 Å². The fourth-order valence-corrected chi connectivity index (χ4v) is 2.17. The van der Waals surface area contributed by atoms with E-state index < -0.39 is 0 Å². The Morgan fingerprint density at radius 2 is 2.25 bits per heavy atom. The van der Waals surface area contributed by atoms with Gasteiger partial charge in [-0.3, -0.25) is 0 Å². The van der Waals surface area contributed by atoms with E-state index in [1.807, 2.05) is 0 Å². The molecule has 0 radical (unpaired) electrons. The van der Waals surface area contributed by atoms with Gasteiger partial charge in [-0.2, -0.15) is 0 Å². The van der Waals surface area contributed by atoms with Crippen molar-refractivity contribution in [3.63, 3.8) is 0 Å². The summed E-state index contributed by atoms with van der Waals surface area (Å²) in [7, 11) is 2.25. The van der Waals surface area contributed by atoms with Crippen LogP contribution in [-0.4, -0.2) is 24.5 Å². The molecule has 0 spiro atoms. The van der Waals surface area contributed by atoms with Gasteiger partial charge in [0.2, 0.25) is 0 Å². The molecule has 2 rings (SSSR count). The Balaban J connectivity index is 2.11. The molecule has 0 aromatic rings. The molecule has 2 atom stereocenters. The lowest BCUT2D eigenvalue weighted by atomic mass is 10.1. The van der Waals surface area contributed by atoms with E-state index in [0.29, 0.717) is 0 Å². The van der Waals surface area contributed by atoms with Crippen LogP contribution in [-0.2, 0) is 0 Å². The van der Waals surface area contributed by atoms with Gasteiger partial charge >= 0.3 is 0 Å². The quantitative estimate of drug-likeness (QED) is 0.452. The molecule has 2 aliphatic rings. The average Bonchev–Trinajstić information content (AvgIpc) is 2.23. The van der Waals surface area contributed by atoms with Gasteiger partial charge in [0.1, 0.15) is 0 Å². The van der Waals surface area contributed by atoms with Crippen LogP contribution < -0.4 is 0 Å². The van der Waals surface area contributed by atoms with E-state index in [9.17, 15) is 0 Å². The van der Waals surface area contributed by atoms with Gasteiger partial charge in [0.15, 0.2) is 0 Å². The second-order valence-electron chi connectivity index (χ2n) is 3.27. The van der Waals surface area contributed by atoms with Crippen LogP contribution in [0.4, 0.5) is 0 Å². The molecule has 1 heteroatoms. The maximum atomic E-state index is 2.51. The molecule has 1 aliphatic carbocycles. The average molecular weight is 111 g/mol. The van der Waals surface area contributed by atoms with E-state index in [1.165, 1.54) is 25.8 Å². The molecule has 1 saturated heterocycles. The summed E-state index contributed by atoms with van der Waals surface area (Å²) in [6.45, 7) is 1.38. The second-order valence-corrected chi connectivity index (χ2v) is 3.27. The summed E-state index contributed by atoms with van der Waals surface area (Å²) in [6, 6.07) is 0.972. The van der Waals surface area contributed by atoms with Gasteiger partial charge < -0.3 is 4.90 Å². The van der Waals surface area contributed by atoms with Gasteiger partial charge in [-0.05, 0) is 32.2 Å². The van der Waals surface area contributed by atoms with Crippen molar-refractivity contribution in [2.24, 2.45) is 5.92 Å². The molecule has 2 fully saturated rings. The highest BCUT2D eigenvalue weighted by molar-refractivity contribution is 4.89. The molecule has 46 valence electrons. The number of hydrogen-bond donors (Lipinski definition) is 0. The van der Waals surface area contributed by atoms with Crippen LogP contribution in [0.25, 0.3) is 0 Å². The van der Waals surface area contributed by atoms with Crippen molar-refractivity contribution >= 4 is 0 Å². The topological polar surface area (TPSA) is 3.24 Å². The number of nitrogens with zero attached hydrogens (tertiary/aromatic N) is 1. The maximum absolute atomic E-state index is 2.51. The number of rotatable bonds is 0. The highest BCUT2D eigenvalue weighted by atomic mass is 15.2. The lowest BCUT2D eigenvalue weighted by molar-refractivity contribution is 0.261. The van der Waals surface area contributed by atoms with Crippen LogP contribution in [0.1, 0.15) is 19.3 Å². The second kappa shape index (κ2) is 1.47. The van der Waals surface area contributed by atoms with E-state index in [2.05, 4.69) is 11.9 Å². The third-order valence-corrected chi connectivity index (χ3v) is 2.68. The van der Waals surface area contributed by atoms with Crippen molar-refractivity contribution in [3.8, 4) is 0 Å². The lowest BCUT2D eigenvalue weighted by Gasteiger charge is -2.20. The summed E-state index contributed by atoms with van der Waals surface area (Å²) < 4.78 is 0. The smallest absolute Gasteiger partial charge is 0.00955 e. The number of piperidine rings is 1. The van der Waals surface area contributed by atoms with Crippen LogP contribution in [0.2, 0.25) is 0 Å². The summed E-state index contributed by atoms with van der Waals surface area (Å²) in [6.07, 6.45) is 4.48. The predicted molar refractivity (Wildman–Crippen MR) is 33.8 cm³/mol. The van der Waals surface area contributed by atoms with Gasteiger partial charge in [0.25, 0.3) is 0 Å². The van der Waals surface area contributed by atoms with Crippen molar-refractivity contribution in [2.45, 2.75) is 25.3 Å². The molecule has 1 aliphatic heterocycles. The first-order valence-corrected chi connectivity index (χ1v) is 3.56. The van der Waals surface area contributed by atoms with Gasteiger partial charge in [0, 0.05) is 12.6 Å². The zero-order valence-corrected chi connectivity index (χ0v) is 5.43. The maximum Gasteiger partial charge on any atom is 0.00955 e. The van der Waals surface area contributed by atoms with Crippen molar-refractivity contribution in [1.82, 2.24) is 4.90 Å². The molecule has 0 amide bonds. The Labute approximate surface area is 50.7 Å². The Bertz CT molecular complexity index is 98.6. The molecular formula is C7H13N. The fraction of sp³-hybridized carbons (Fsp3) is 1.00. The van der Waals surface area contributed by atoms with Crippen molar-refractivity contribution < 1.29 is 0 Å². The van der Waals surface area contributed by atoms with Gasteiger partial charge in [-0.15, -0.1) is 0 Å². The summed E-state index contributed by atoms with van der Waals surface area (Å²) >= 11 is 0. The third kappa shape index (κ3) is 0.510. The summed E-state index contributed by atoms with van der Waals surface area (Å²) in [5.41, 5.74) is 0. The zero-order chi connectivity index (χ0) is 5.56. The Hall–Kier alpha value is -0.0400. The van der Waals surface area contributed by atoms with E-state index >= 15 is 0 Å². The third-order valence-electron chi connectivity index (χ3n) is 2.68. The van der Waals surface area contributed by atoms with Crippen molar-refractivity contribution in [3.05, 3.63) is 0 Å². The van der Waals surface area contributed by atoms with Crippen LogP contribution in [0.15, 0.2) is 0 Å². The van der Waals surface area contributed by atoms with E-state index in [1.54, 1.807) is 0 Å². The molecule has 0 aromatic heterocycles. The standard InChI is InChI=1S/C7H13N/c1-8-5-6-2-3-7(8)4-6/h6-7H,2-5H2,1H3/t6-,7+/m1/s1. The monoisotopic (exact) mass is 111 g/mol. The van der Waals surface area contributed by atoms with Crippen LogP contribution in [0.5, 0.6) is 0 Å². The summed E-state index contributed by atoms with van der Waals surface area (Å²) in [5.74, 6) is 1.07. The molecule has 0 unspecified atom stereocenters. The number of fused-ring (bicyclic) bond motifs is 2. The first-order chi connectivity index (χ1) is 3.86. The fourth-order valence-electron chi connectivity index (χ4n) is 2.17. The van der Waals surface area contributed by atoms with Crippen LogP contribution in [0, 0.1) is 5.92 Å². The van der Waals surface area contributed by atoms with Gasteiger partial charge in [-0.1, -0.05) is 0 Å². The summed E-state index contributed by atoms with van der Waals surface area (Å²) in [5, 5.41) is 0. The lowest BCUT2D eigenvalue weighted by Crippen LogP contribution is -2.27. The SMILES string of the molecule is CN1C[C@@H]2CC[C@H]1C2. The minimum Gasteiger partial charge on any atom is -0.303 e. The zero-order valence-electron chi connectivity index (χ0n) is 5.43. The molecule has 1 nitrogen and oxygen atoms in total. The largest absolute Gasteiger partial charge is 0.303 e. The Morgan fingerprint density at radius 1 is 1.38 bits per heavy atom. The van der Waals surface area contributed by atoms with Crippen molar-refractivity contribution in [1.29, 1.82) is 0 Å². The summed E-state index contributed by atoms with van der Waals surface area (Å²) in [4.78, 5) is 2.51. The van der Waals surface area contributed by atoms with E-state index in [-0.39, 0.29) is 0 Å². The Morgan fingerprint density at radius 3 is 2.50 bits per heavy atom. The molecular weight excluding hydrogens is 98.1 g/mol. The van der Waals surface area contributed by atoms with Crippen molar-refractivity contribution in [2.75, 3.05) is 13.6 Å². The first kappa shape index (κ1) is 4.80. The minimum absolute atomic E-state index is 0.972. The molecule has 0 N–H and O–H groups in total. The molecule has 1 saturated carbocycles. The van der Waals surface area contributed by atoms with Crippen LogP contribution >= 0.6 is 0 Å². The minimum atomic E-state index is 0.972. The first-order valence-electron chi connectivity index (χ1n) is 3.56. The van der Waals surface area contributed by atoms with E-state index in [0.717, 1.165) is 12.0 Å². The van der Waals surface area contributed by atoms with Gasteiger partial charge in [-0.25, -0.2) is 0 Å². The molecule has 2 bridgehead atoms.